The van der Waals surface area contributed by atoms with Crippen molar-refractivity contribution in [3.8, 4) is 0 Å². The van der Waals surface area contributed by atoms with Crippen LogP contribution in [0.3, 0.4) is 0 Å². The summed E-state index contributed by atoms with van der Waals surface area (Å²) in [5, 5.41) is 9.36. The molecule has 0 amide bonds. The maximum atomic E-state index is 13.4. The van der Waals surface area contributed by atoms with Crippen molar-refractivity contribution in [1.82, 2.24) is 4.98 Å². The second-order valence-electron chi connectivity index (χ2n) is 4.11. The molecule has 1 aromatic heterocycles. The van der Waals surface area contributed by atoms with E-state index in [0.29, 0.717) is 16.6 Å². The Hall–Kier alpha value is -1.17. The number of H-pyrrole nitrogens is 1. The van der Waals surface area contributed by atoms with Crippen LogP contribution in [0.15, 0.2) is 24.3 Å². The van der Waals surface area contributed by atoms with Gasteiger partial charge in [0.1, 0.15) is 6.61 Å². The van der Waals surface area contributed by atoms with Crippen molar-refractivity contribution in [2.24, 2.45) is 5.73 Å². The van der Waals surface area contributed by atoms with Crippen LogP contribution in [-0.4, -0.2) is 22.6 Å². The van der Waals surface area contributed by atoms with Gasteiger partial charge >= 0.3 is 0 Å². The molecule has 0 bridgehead atoms. The highest BCUT2D eigenvalue weighted by Crippen LogP contribution is 2.35. The van der Waals surface area contributed by atoms with E-state index in [4.69, 9.17) is 10.8 Å². The molecule has 6 heteroatoms. The SMILES string of the molecule is Cc1[nH]c2ccccc2c1[C@H](N)C(F)(F)CO.Cl. The van der Waals surface area contributed by atoms with Crippen molar-refractivity contribution in [3.05, 3.63) is 35.5 Å². The van der Waals surface area contributed by atoms with E-state index in [-0.39, 0.29) is 12.4 Å². The quantitative estimate of drug-likeness (QED) is 0.807. The van der Waals surface area contributed by atoms with Crippen LogP contribution in [0.5, 0.6) is 0 Å². The van der Waals surface area contributed by atoms with E-state index in [2.05, 4.69) is 4.98 Å². The molecular formula is C12H15ClF2N2O. The molecule has 0 aliphatic heterocycles. The summed E-state index contributed by atoms with van der Waals surface area (Å²) in [7, 11) is 0. The first-order valence-corrected chi connectivity index (χ1v) is 5.29. The van der Waals surface area contributed by atoms with E-state index < -0.39 is 18.6 Å². The van der Waals surface area contributed by atoms with E-state index in [0.717, 1.165) is 5.52 Å². The largest absolute Gasteiger partial charge is 0.390 e. The summed E-state index contributed by atoms with van der Waals surface area (Å²) in [6.45, 7) is 0.440. The third kappa shape index (κ3) is 2.34. The molecule has 100 valence electrons. The van der Waals surface area contributed by atoms with E-state index >= 15 is 0 Å². The molecule has 2 aromatic rings. The van der Waals surface area contributed by atoms with Gasteiger partial charge in [0.25, 0.3) is 5.92 Å². The predicted octanol–water partition coefficient (Wildman–Crippen LogP) is 2.53. The monoisotopic (exact) mass is 276 g/mol. The first kappa shape index (κ1) is 14.9. The molecule has 3 nitrogen and oxygen atoms in total. The maximum absolute atomic E-state index is 13.4. The molecule has 0 fully saturated rings. The van der Waals surface area contributed by atoms with Gasteiger partial charge in [-0.25, -0.2) is 8.78 Å². The molecule has 0 unspecified atom stereocenters. The Labute approximate surface area is 109 Å². The highest BCUT2D eigenvalue weighted by atomic mass is 35.5. The number of nitrogens with one attached hydrogen (secondary N) is 1. The first-order valence-electron chi connectivity index (χ1n) is 5.29. The lowest BCUT2D eigenvalue weighted by atomic mass is 9.99. The van der Waals surface area contributed by atoms with Crippen LogP contribution in [-0.2, 0) is 0 Å². The summed E-state index contributed by atoms with van der Waals surface area (Å²) >= 11 is 0. The molecule has 0 radical (unpaired) electrons. The Morgan fingerprint density at radius 2 is 2.00 bits per heavy atom. The minimum Gasteiger partial charge on any atom is -0.390 e. The lowest BCUT2D eigenvalue weighted by Gasteiger charge is -2.21. The molecule has 1 atom stereocenters. The molecule has 0 aliphatic carbocycles. The second kappa shape index (κ2) is 5.22. The van der Waals surface area contributed by atoms with Crippen LogP contribution in [0.4, 0.5) is 8.78 Å². The molecule has 0 aliphatic rings. The fraction of sp³-hybridized carbons (Fsp3) is 0.333. The standard InChI is InChI=1S/C12H14F2N2O.ClH/c1-7-10(11(15)12(13,14)6-17)8-4-2-3-5-9(8)16-7;/h2-5,11,16-17H,6,15H2,1H3;1H/t11-;/m0./s1. The van der Waals surface area contributed by atoms with Gasteiger partial charge in [-0.05, 0) is 13.0 Å². The third-order valence-electron chi connectivity index (χ3n) is 2.92. The minimum absolute atomic E-state index is 0. The van der Waals surface area contributed by atoms with Gasteiger partial charge in [0.05, 0.1) is 6.04 Å². The minimum atomic E-state index is -3.32. The average molecular weight is 277 g/mol. The summed E-state index contributed by atoms with van der Waals surface area (Å²) in [4.78, 5) is 3.01. The zero-order valence-corrected chi connectivity index (χ0v) is 10.6. The number of aryl methyl sites for hydroxylation is 1. The Morgan fingerprint density at radius 1 is 1.39 bits per heavy atom. The van der Waals surface area contributed by atoms with Gasteiger partial charge < -0.3 is 15.8 Å². The number of hydrogen-bond donors (Lipinski definition) is 3. The van der Waals surface area contributed by atoms with Crippen molar-refractivity contribution in [2.45, 2.75) is 18.9 Å². The van der Waals surface area contributed by atoms with E-state index in [9.17, 15) is 8.78 Å². The number of halogens is 3. The van der Waals surface area contributed by atoms with Gasteiger partial charge in [0, 0.05) is 22.2 Å². The van der Waals surface area contributed by atoms with Crippen molar-refractivity contribution >= 4 is 23.3 Å². The molecule has 2 rings (SSSR count). The lowest BCUT2D eigenvalue weighted by Crippen LogP contribution is -2.36. The summed E-state index contributed by atoms with van der Waals surface area (Å²) < 4.78 is 26.9. The summed E-state index contributed by atoms with van der Waals surface area (Å²) in [5.41, 5.74) is 7.30. The molecule has 0 saturated carbocycles. The molecule has 0 saturated heterocycles. The number of benzene rings is 1. The number of aromatic nitrogens is 1. The fourth-order valence-electron chi connectivity index (χ4n) is 2.01. The zero-order chi connectivity index (χ0) is 12.6. The average Bonchev–Trinajstić information content (AvgIpc) is 2.64. The predicted molar refractivity (Wildman–Crippen MR) is 69.2 cm³/mol. The van der Waals surface area contributed by atoms with Gasteiger partial charge in [0.15, 0.2) is 0 Å². The number of hydrogen-bond acceptors (Lipinski definition) is 2. The van der Waals surface area contributed by atoms with Gasteiger partial charge in [0.2, 0.25) is 0 Å². The number of para-hydroxylation sites is 1. The maximum Gasteiger partial charge on any atom is 0.289 e. The van der Waals surface area contributed by atoms with Crippen LogP contribution in [0.1, 0.15) is 17.3 Å². The number of nitrogens with two attached hydrogens (primary N) is 1. The number of rotatable bonds is 3. The summed E-state index contributed by atoms with van der Waals surface area (Å²) in [6.07, 6.45) is 0. The summed E-state index contributed by atoms with van der Waals surface area (Å²) in [6, 6.07) is 5.61. The Morgan fingerprint density at radius 3 is 2.61 bits per heavy atom. The Balaban J connectivity index is 0.00000162. The van der Waals surface area contributed by atoms with Crippen LogP contribution in [0, 0.1) is 6.92 Å². The molecular weight excluding hydrogens is 262 g/mol. The molecule has 1 heterocycles. The fourth-order valence-corrected chi connectivity index (χ4v) is 2.01. The molecule has 0 spiro atoms. The van der Waals surface area contributed by atoms with Crippen molar-refractivity contribution in [3.63, 3.8) is 0 Å². The first-order chi connectivity index (χ1) is 7.97. The van der Waals surface area contributed by atoms with Crippen molar-refractivity contribution < 1.29 is 13.9 Å². The van der Waals surface area contributed by atoms with Gasteiger partial charge in [-0.15, -0.1) is 12.4 Å². The number of alkyl halides is 2. The van der Waals surface area contributed by atoms with Gasteiger partial charge in [-0.1, -0.05) is 18.2 Å². The van der Waals surface area contributed by atoms with E-state index in [1.54, 1.807) is 25.1 Å². The van der Waals surface area contributed by atoms with Crippen LogP contribution >= 0.6 is 12.4 Å². The normalized spacial score (nSPS) is 13.4. The topological polar surface area (TPSA) is 62.0 Å². The van der Waals surface area contributed by atoms with Crippen LogP contribution in [0.25, 0.3) is 10.9 Å². The third-order valence-corrected chi connectivity index (χ3v) is 2.92. The second-order valence-corrected chi connectivity index (χ2v) is 4.11. The van der Waals surface area contributed by atoms with Crippen molar-refractivity contribution in [1.29, 1.82) is 0 Å². The molecule has 4 N–H and O–H groups in total. The van der Waals surface area contributed by atoms with Crippen LogP contribution < -0.4 is 5.73 Å². The zero-order valence-electron chi connectivity index (χ0n) is 9.78. The number of aliphatic hydroxyl groups excluding tert-OH is 1. The van der Waals surface area contributed by atoms with Crippen LogP contribution in [0.2, 0.25) is 0 Å². The van der Waals surface area contributed by atoms with Crippen molar-refractivity contribution in [2.75, 3.05) is 6.61 Å². The number of aromatic amines is 1. The highest BCUT2D eigenvalue weighted by molar-refractivity contribution is 5.85. The number of aliphatic hydroxyl groups is 1. The number of fused-ring (bicyclic) bond motifs is 1. The highest BCUT2D eigenvalue weighted by Gasteiger charge is 2.39. The van der Waals surface area contributed by atoms with Gasteiger partial charge in [-0.2, -0.15) is 0 Å². The smallest absolute Gasteiger partial charge is 0.289 e. The van der Waals surface area contributed by atoms with E-state index in [1.807, 2.05) is 6.07 Å². The molecule has 18 heavy (non-hydrogen) atoms. The summed E-state index contributed by atoms with van der Waals surface area (Å²) in [5.74, 6) is -3.32. The van der Waals surface area contributed by atoms with Gasteiger partial charge in [-0.3, -0.25) is 0 Å². The Bertz CT molecular complexity index is 542. The van der Waals surface area contributed by atoms with E-state index in [1.165, 1.54) is 0 Å². The lowest BCUT2D eigenvalue weighted by molar-refractivity contribution is -0.0709. The molecule has 1 aromatic carbocycles. The Kier molecular flexibility index (Phi) is 4.32.